The second kappa shape index (κ2) is 8.98. The van der Waals surface area contributed by atoms with Crippen LogP contribution in [0.1, 0.15) is 42.1 Å². The van der Waals surface area contributed by atoms with Crippen molar-refractivity contribution in [2.24, 2.45) is 5.92 Å². The van der Waals surface area contributed by atoms with Crippen LogP contribution < -0.4 is 31.2 Å². The van der Waals surface area contributed by atoms with Gasteiger partial charge in [0.1, 0.15) is 17.8 Å². The zero-order valence-corrected chi connectivity index (χ0v) is 19.2. The first-order valence-electron chi connectivity index (χ1n) is 11.7. The quantitative estimate of drug-likeness (QED) is 0.420. The minimum absolute atomic E-state index is 0.0252. The van der Waals surface area contributed by atoms with Crippen molar-refractivity contribution in [1.82, 2.24) is 20.7 Å². The van der Waals surface area contributed by atoms with Crippen molar-refractivity contribution in [1.29, 1.82) is 0 Å². The molecule has 0 spiro atoms. The van der Waals surface area contributed by atoms with Crippen molar-refractivity contribution in [3.05, 3.63) is 33.9 Å². The van der Waals surface area contributed by atoms with Gasteiger partial charge in [-0.3, -0.25) is 15.0 Å². The number of benzene rings is 1. The Morgan fingerprint density at radius 2 is 2.03 bits per heavy atom. The standard InChI is InChI=1S/C23H27F4N5O3/c1-35-21-18-14(7-16(24)19(21)31-8-12-3-2-6-28-17(12)10-31)20(33)15(9-32(18)13-4-5-13)22(34)30-29-11-23(25,26)27/h7,9,12-13,17,28-29H,2-6,8,10-11H2,1H3,(H,30,34)/t12-,17+/m1/s1. The highest BCUT2D eigenvalue weighted by atomic mass is 19.4. The zero-order chi connectivity index (χ0) is 24.9. The van der Waals surface area contributed by atoms with Crippen LogP contribution in [0.5, 0.6) is 5.75 Å². The van der Waals surface area contributed by atoms with Crippen LogP contribution in [0.15, 0.2) is 17.1 Å². The molecule has 2 saturated heterocycles. The molecular formula is C23H27F4N5O3. The monoisotopic (exact) mass is 497 g/mol. The summed E-state index contributed by atoms with van der Waals surface area (Å²) in [7, 11) is 1.42. The highest BCUT2D eigenvalue weighted by Gasteiger charge is 2.38. The molecule has 0 radical (unpaired) electrons. The maximum Gasteiger partial charge on any atom is 0.402 e. The van der Waals surface area contributed by atoms with Gasteiger partial charge in [0, 0.05) is 31.4 Å². The van der Waals surface area contributed by atoms with E-state index in [1.165, 1.54) is 13.3 Å². The lowest BCUT2D eigenvalue weighted by molar-refractivity contribution is -0.126. The Labute approximate surface area is 198 Å². The normalized spacial score (nSPS) is 22.4. The number of anilines is 1. The highest BCUT2D eigenvalue weighted by Crippen LogP contribution is 2.45. The lowest BCUT2D eigenvalue weighted by Crippen LogP contribution is -2.44. The minimum atomic E-state index is -4.54. The number of amides is 1. The first-order valence-corrected chi connectivity index (χ1v) is 11.7. The summed E-state index contributed by atoms with van der Waals surface area (Å²) < 4.78 is 60.2. The third kappa shape index (κ3) is 4.56. The zero-order valence-electron chi connectivity index (χ0n) is 19.2. The van der Waals surface area contributed by atoms with E-state index >= 15 is 4.39 Å². The molecule has 1 aromatic carbocycles. The Bertz CT molecular complexity index is 1200. The maximum atomic E-state index is 15.6. The summed E-state index contributed by atoms with van der Waals surface area (Å²) in [5.74, 6) is -1.04. The summed E-state index contributed by atoms with van der Waals surface area (Å²) in [5.41, 5.74) is 3.23. The topological polar surface area (TPSA) is 87.6 Å². The van der Waals surface area contributed by atoms with Crippen LogP contribution in [-0.2, 0) is 0 Å². The van der Waals surface area contributed by atoms with Gasteiger partial charge in [0.15, 0.2) is 11.6 Å². The number of carbonyl (C=O) groups is 1. The van der Waals surface area contributed by atoms with Crippen LogP contribution >= 0.6 is 0 Å². The number of rotatable bonds is 6. The van der Waals surface area contributed by atoms with Gasteiger partial charge < -0.3 is 19.5 Å². The average Bonchev–Trinajstić information content (AvgIpc) is 3.56. The Hall–Kier alpha value is -2.86. The van der Waals surface area contributed by atoms with Gasteiger partial charge in [-0.15, -0.1) is 0 Å². The molecule has 2 atom stereocenters. The van der Waals surface area contributed by atoms with Crippen molar-refractivity contribution in [3.63, 3.8) is 0 Å². The van der Waals surface area contributed by atoms with Gasteiger partial charge in [0.2, 0.25) is 5.43 Å². The molecule has 0 bridgehead atoms. The number of hydrogen-bond acceptors (Lipinski definition) is 6. The van der Waals surface area contributed by atoms with E-state index in [2.05, 4.69) is 5.32 Å². The fraction of sp³-hybridized carbons (Fsp3) is 0.565. The van der Waals surface area contributed by atoms with E-state index in [9.17, 15) is 22.8 Å². The molecule has 3 fully saturated rings. The van der Waals surface area contributed by atoms with Crippen molar-refractivity contribution < 1.29 is 27.1 Å². The largest absolute Gasteiger partial charge is 0.492 e. The molecule has 2 aromatic rings. The molecule has 3 heterocycles. The van der Waals surface area contributed by atoms with Crippen molar-refractivity contribution in [2.75, 3.05) is 38.2 Å². The van der Waals surface area contributed by atoms with Gasteiger partial charge in [0.25, 0.3) is 5.91 Å². The SMILES string of the molecule is COc1c(N2C[C@H]3CCCN[C@H]3C2)c(F)cc2c(=O)c(C(=O)NNCC(F)(F)F)cn(C3CC3)c12. The number of halogens is 4. The van der Waals surface area contributed by atoms with Crippen LogP contribution in [0.4, 0.5) is 23.2 Å². The molecule has 1 saturated carbocycles. The van der Waals surface area contributed by atoms with E-state index in [1.807, 2.05) is 10.3 Å². The Morgan fingerprint density at radius 1 is 1.26 bits per heavy atom. The minimum Gasteiger partial charge on any atom is -0.492 e. The average molecular weight is 497 g/mol. The number of nitrogens with zero attached hydrogens (tertiary/aromatic N) is 2. The summed E-state index contributed by atoms with van der Waals surface area (Å²) in [6, 6.07) is 1.34. The van der Waals surface area contributed by atoms with E-state index < -0.39 is 29.9 Å². The van der Waals surface area contributed by atoms with Crippen molar-refractivity contribution >= 4 is 22.5 Å². The first kappa shape index (κ1) is 23.9. The summed E-state index contributed by atoms with van der Waals surface area (Å²) in [6.45, 7) is 0.746. The number of ether oxygens (including phenoxy) is 1. The number of nitrogens with one attached hydrogen (secondary N) is 3. The summed E-state index contributed by atoms with van der Waals surface area (Å²) >= 11 is 0. The highest BCUT2D eigenvalue weighted by molar-refractivity contribution is 5.99. The van der Waals surface area contributed by atoms with Crippen LogP contribution in [0.3, 0.4) is 0 Å². The first-order chi connectivity index (χ1) is 16.7. The number of pyridine rings is 1. The van der Waals surface area contributed by atoms with E-state index in [4.69, 9.17) is 4.74 Å². The number of fused-ring (bicyclic) bond motifs is 2. The summed E-state index contributed by atoms with van der Waals surface area (Å²) in [5, 5.41) is 3.44. The molecule has 1 aliphatic carbocycles. The Kier molecular flexibility index (Phi) is 6.12. The molecule has 12 heteroatoms. The molecule has 1 aromatic heterocycles. The van der Waals surface area contributed by atoms with Gasteiger partial charge in [-0.2, -0.15) is 13.2 Å². The third-order valence-electron chi connectivity index (χ3n) is 6.99. The van der Waals surface area contributed by atoms with Gasteiger partial charge >= 0.3 is 6.18 Å². The third-order valence-corrected chi connectivity index (χ3v) is 6.99. The number of hydrogen-bond donors (Lipinski definition) is 3. The lowest BCUT2D eigenvalue weighted by Gasteiger charge is -2.25. The van der Waals surface area contributed by atoms with E-state index in [1.54, 1.807) is 9.99 Å². The number of methoxy groups -OCH3 is 1. The molecule has 1 amide bonds. The Balaban J connectivity index is 1.57. The van der Waals surface area contributed by atoms with Gasteiger partial charge in [0.05, 0.1) is 18.0 Å². The summed E-state index contributed by atoms with van der Waals surface area (Å²) in [4.78, 5) is 27.7. The van der Waals surface area contributed by atoms with Crippen LogP contribution in [-0.4, -0.2) is 56.0 Å². The number of alkyl halides is 3. The fourth-order valence-corrected chi connectivity index (χ4v) is 5.25. The van der Waals surface area contributed by atoms with E-state index in [0.29, 0.717) is 24.5 Å². The second-order valence-corrected chi connectivity index (χ2v) is 9.44. The van der Waals surface area contributed by atoms with Crippen LogP contribution in [0.2, 0.25) is 0 Å². The number of piperidine rings is 1. The lowest BCUT2D eigenvalue weighted by atomic mass is 9.94. The van der Waals surface area contributed by atoms with Crippen molar-refractivity contribution in [2.45, 2.75) is 43.9 Å². The van der Waals surface area contributed by atoms with Crippen LogP contribution in [0.25, 0.3) is 10.9 Å². The second-order valence-electron chi connectivity index (χ2n) is 9.44. The molecule has 3 aliphatic rings. The molecule has 8 nitrogen and oxygen atoms in total. The number of carbonyl (C=O) groups excluding carboxylic acids is 1. The molecule has 3 N–H and O–H groups in total. The molecule has 2 aliphatic heterocycles. The predicted octanol–water partition coefficient (Wildman–Crippen LogP) is 2.47. The van der Waals surface area contributed by atoms with Gasteiger partial charge in [-0.25, -0.2) is 9.82 Å². The molecule has 0 unspecified atom stereocenters. The van der Waals surface area contributed by atoms with Crippen LogP contribution in [0, 0.1) is 11.7 Å². The number of aromatic nitrogens is 1. The molecule has 5 rings (SSSR count). The molecule has 190 valence electrons. The fourth-order valence-electron chi connectivity index (χ4n) is 5.25. The van der Waals surface area contributed by atoms with Crippen molar-refractivity contribution in [3.8, 4) is 5.75 Å². The summed E-state index contributed by atoms with van der Waals surface area (Å²) in [6.07, 6.45) is 0.496. The molecular weight excluding hydrogens is 470 g/mol. The Morgan fingerprint density at radius 3 is 2.69 bits per heavy atom. The van der Waals surface area contributed by atoms with E-state index in [0.717, 1.165) is 38.3 Å². The number of hydrazine groups is 1. The maximum absolute atomic E-state index is 15.6. The smallest absolute Gasteiger partial charge is 0.402 e. The predicted molar refractivity (Wildman–Crippen MR) is 121 cm³/mol. The van der Waals surface area contributed by atoms with Gasteiger partial charge in [-0.1, -0.05) is 0 Å². The van der Waals surface area contributed by atoms with Gasteiger partial charge in [-0.05, 0) is 44.2 Å². The van der Waals surface area contributed by atoms with E-state index in [-0.39, 0.29) is 34.5 Å². The molecule has 35 heavy (non-hydrogen) atoms.